The maximum Gasteiger partial charge on any atom is 0.221 e. The normalized spacial score (nSPS) is 10.2. The summed E-state index contributed by atoms with van der Waals surface area (Å²) in [5.74, 6) is 1.04. The molecular formula is C13H16N4. The number of benzene rings is 1. The van der Waals surface area contributed by atoms with Crippen molar-refractivity contribution in [1.29, 1.82) is 0 Å². The summed E-state index contributed by atoms with van der Waals surface area (Å²) in [6.45, 7) is 2.89. The summed E-state index contributed by atoms with van der Waals surface area (Å²) >= 11 is 0. The van der Waals surface area contributed by atoms with Gasteiger partial charge < -0.3 is 11.1 Å². The number of anilines is 2. The Bertz CT molecular complexity index is 479. The number of nitrogens with zero attached hydrogens (tertiary/aromatic N) is 2. The largest absolute Gasteiger partial charge is 0.368 e. The van der Waals surface area contributed by atoms with Gasteiger partial charge in [-0.25, -0.2) is 4.98 Å². The van der Waals surface area contributed by atoms with Gasteiger partial charge in [0.05, 0.1) is 0 Å². The molecule has 0 amide bonds. The zero-order valence-corrected chi connectivity index (χ0v) is 9.85. The molecule has 2 rings (SSSR count). The zero-order chi connectivity index (χ0) is 12.1. The first kappa shape index (κ1) is 11.4. The van der Waals surface area contributed by atoms with E-state index in [4.69, 9.17) is 5.73 Å². The molecule has 1 heterocycles. The predicted octanol–water partition coefficient (Wildman–Crippen LogP) is 2.23. The molecular weight excluding hydrogens is 212 g/mol. The number of rotatable bonds is 4. The second kappa shape index (κ2) is 5.30. The van der Waals surface area contributed by atoms with E-state index in [1.807, 2.05) is 0 Å². The van der Waals surface area contributed by atoms with Crippen LogP contribution in [-0.4, -0.2) is 9.97 Å². The van der Waals surface area contributed by atoms with Gasteiger partial charge in [-0.2, -0.15) is 4.98 Å². The summed E-state index contributed by atoms with van der Waals surface area (Å²) < 4.78 is 0. The van der Waals surface area contributed by atoms with Gasteiger partial charge in [-0.3, -0.25) is 0 Å². The van der Waals surface area contributed by atoms with Crippen molar-refractivity contribution in [2.45, 2.75) is 19.9 Å². The van der Waals surface area contributed by atoms with Crippen molar-refractivity contribution < 1.29 is 0 Å². The molecule has 17 heavy (non-hydrogen) atoms. The van der Waals surface area contributed by atoms with Gasteiger partial charge in [0, 0.05) is 12.7 Å². The minimum atomic E-state index is 0.288. The molecule has 0 fully saturated rings. The molecule has 2 aromatic rings. The summed E-state index contributed by atoms with van der Waals surface area (Å²) in [5, 5.41) is 3.21. The van der Waals surface area contributed by atoms with E-state index in [1.165, 1.54) is 11.1 Å². The number of nitrogens with one attached hydrogen (secondary N) is 1. The van der Waals surface area contributed by atoms with Crippen molar-refractivity contribution in [2.24, 2.45) is 0 Å². The van der Waals surface area contributed by atoms with Crippen molar-refractivity contribution in [2.75, 3.05) is 11.1 Å². The van der Waals surface area contributed by atoms with Gasteiger partial charge in [0.15, 0.2) is 0 Å². The second-order valence-corrected chi connectivity index (χ2v) is 3.82. The van der Waals surface area contributed by atoms with Gasteiger partial charge in [-0.05, 0) is 23.6 Å². The summed E-state index contributed by atoms with van der Waals surface area (Å²) in [6, 6.07) is 10.3. The van der Waals surface area contributed by atoms with Crippen LogP contribution in [0.5, 0.6) is 0 Å². The first-order chi connectivity index (χ1) is 8.28. The van der Waals surface area contributed by atoms with Gasteiger partial charge in [0.1, 0.15) is 5.82 Å². The number of aryl methyl sites for hydroxylation is 1. The van der Waals surface area contributed by atoms with E-state index in [2.05, 4.69) is 46.5 Å². The Kier molecular flexibility index (Phi) is 3.55. The van der Waals surface area contributed by atoms with Crippen molar-refractivity contribution in [3.8, 4) is 0 Å². The van der Waals surface area contributed by atoms with Crippen LogP contribution < -0.4 is 11.1 Å². The lowest BCUT2D eigenvalue weighted by Crippen LogP contribution is -2.03. The lowest BCUT2D eigenvalue weighted by Gasteiger charge is -2.06. The van der Waals surface area contributed by atoms with Crippen LogP contribution in [0.3, 0.4) is 0 Å². The fraction of sp³-hybridized carbons (Fsp3) is 0.231. The Balaban J connectivity index is 1.97. The molecule has 0 bridgehead atoms. The van der Waals surface area contributed by atoms with Crippen LogP contribution in [0.25, 0.3) is 0 Å². The number of hydrogen-bond acceptors (Lipinski definition) is 4. The zero-order valence-electron chi connectivity index (χ0n) is 9.85. The van der Waals surface area contributed by atoms with Crippen LogP contribution in [0, 0.1) is 0 Å². The number of aromatic nitrogens is 2. The van der Waals surface area contributed by atoms with Gasteiger partial charge >= 0.3 is 0 Å². The van der Waals surface area contributed by atoms with Crippen molar-refractivity contribution in [3.05, 3.63) is 47.7 Å². The van der Waals surface area contributed by atoms with Crippen molar-refractivity contribution in [3.63, 3.8) is 0 Å². The summed E-state index contributed by atoms with van der Waals surface area (Å²) in [5.41, 5.74) is 8.07. The molecule has 0 unspecified atom stereocenters. The number of nitrogen functional groups attached to an aromatic ring is 1. The molecule has 4 heteroatoms. The van der Waals surface area contributed by atoms with Crippen LogP contribution >= 0.6 is 0 Å². The molecule has 4 nitrogen and oxygen atoms in total. The predicted molar refractivity (Wildman–Crippen MR) is 69.6 cm³/mol. The van der Waals surface area contributed by atoms with Crippen LogP contribution in [0.4, 0.5) is 11.8 Å². The first-order valence-corrected chi connectivity index (χ1v) is 5.68. The van der Waals surface area contributed by atoms with E-state index in [0.717, 1.165) is 18.8 Å². The fourth-order valence-corrected chi connectivity index (χ4v) is 1.56. The second-order valence-electron chi connectivity index (χ2n) is 3.82. The summed E-state index contributed by atoms with van der Waals surface area (Å²) in [4.78, 5) is 7.92. The topological polar surface area (TPSA) is 63.8 Å². The van der Waals surface area contributed by atoms with Gasteiger partial charge in [-0.1, -0.05) is 31.2 Å². The summed E-state index contributed by atoms with van der Waals surface area (Å²) in [7, 11) is 0. The Labute approximate surface area is 101 Å². The molecule has 1 aromatic carbocycles. The Hall–Kier alpha value is -2.10. The quantitative estimate of drug-likeness (QED) is 0.842. The van der Waals surface area contributed by atoms with Crippen LogP contribution in [0.15, 0.2) is 36.5 Å². The third kappa shape index (κ3) is 3.17. The standard InChI is InChI=1S/C13H16N4/c1-2-10-3-5-11(6-4-10)9-16-12-7-8-15-13(14)17-12/h3-8H,2,9H2,1H3,(H3,14,15,16,17). The SMILES string of the molecule is CCc1ccc(CNc2ccnc(N)n2)cc1. The highest BCUT2D eigenvalue weighted by atomic mass is 15.1. The van der Waals surface area contributed by atoms with Crippen LogP contribution in [0.2, 0.25) is 0 Å². The lowest BCUT2D eigenvalue weighted by atomic mass is 10.1. The Morgan fingerprint density at radius 2 is 1.82 bits per heavy atom. The number of hydrogen-bond donors (Lipinski definition) is 2. The molecule has 0 radical (unpaired) electrons. The highest BCUT2D eigenvalue weighted by Crippen LogP contribution is 2.08. The van der Waals surface area contributed by atoms with Gasteiger partial charge in [-0.15, -0.1) is 0 Å². The smallest absolute Gasteiger partial charge is 0.221 e. The molecule has 1 aromatic heterocycles. The lowest BCUT2D eigenvalue weighted by molar-refractivity contribution is 1.08. The van der Waals surface area contributed by atoms with Crippen LogP contribution in [0.1, 0.15) is 18.1 Å². The van der Waals surface area contributed by atoms with Gasteiger partial charge in [0.25, 0.3) is 0 Å². The highest BCUT2D eigenvalue weighted by Gasteiger charge is 1.96. The molecule has 0 aliphatic rings. The van der Waals surface area contributed by atoms with Crippen molar-refractivity contribution in [1.82, 2.24) is 9.97 Å². The third-order valence-corrected chi connectivity index (χ3v) is 2.58. The average Bonchev–Trinajstić information content (AvgIpc) is 2.37. The number of nitrogens with two attached hydrogens (primary N) is 1. The Morgan fingerprint density at radius 1 is 1.12 bits per heavy atom. The van der Waals surface area contributed by atoms with Crippen LogP contribution in [-0.2, 0) is 13.0 Å². The first-order valence-electron chi connectivity index (χ1n) is 5.68. The van der Waals surface area contributed by atoms with Crippen molar-refractivity contribution >= 4 is 11.8 Å². The monoisotopic (exact) mass is 228 g/mol. The molecule has 88 valence electrons. The van der Waals surface area contributed by atoms with E-state index in [9.17, 15) is 0 Å². The average molecular weight is 228 g/mol. The summed E-state index contributed by atoms with van der Waals surface area (Å²) in [6.07, 6.45) is 2.71. The van der Waals surface area contributed by atoms with E-state index in [0.29, 0.717) is 0 Å². The molecule has 0 saturated heterocycles. The maximum atomic E-state index is 5.50. The highest BCUT2D eigenvalue weighted by molar-refractivity contribution is 5.38. The minimum Gasteiger partial charge on any atom is -0.368 e. The minimum absolute atomic E-state index is 0.288. The third-order valence-electron chi connectivity index (χ3n) is 2.58. The van der Waals surface area contributed by atoms with E-state index in [1.54, 1.807) is 12.3 Å². The molecule has 0 aliphatic carbocycles. The molecule has 3 N–H and O–H groups in total. The van der Waals surface area contributed by atoms with E-state index >= 15 is 0 Å². The molecule has 0 saturated carbocycles. The molecule has 0 atom stereocenters. The van der Waals surface area contributed by atoms with E-state index < -0.39 is 0 Å². The fourth-order valence-electron chi connectivity index (χ4n) is 1.56. The molecule has 0 spiro atoms. The maximum absolute atomic E-state index is 5.50. The molecule has 0 aliphatic heterocycles. The van der Waals surface area contributed by atoms with Gasteiger partial charge in [0.2, 0.25) is 5.95 Å². The Morgan fingerprint density at radius 3 is 2.47 bits per heavy atom. The van der Waals surface area contributed by atoms with E-state index in [-0.39, 0.29) is 5.95 Å².